The van der Waals surface area contributed by atoms with Crippen LogP contribution in [0.4, 0.5) is 5.69 Å². The number of hydrogen-bond acceptors (Lipinski definition) is 4. The molecule has 0 saturated heterocycles. The lowest BCUT2D eigenvalue weighted by molar-refractivity contribution is -0.384. The Balaban J connectivity index is 2.04. The van der Waals surface area contributed by atoms with Crippen molar-refractivity contribution in [3.63, 3.8) is 0 Å². The van der Waals surface area contributed by atoms with Crippen LogP contribution in [-0.4, -0.2) is 17.3 Å². The van der Waals surface area contributed by atoms with Gasteiger partial charge in [0.1, 0.15) is 5.75 Å². The molecule has 108 valence electrons. The van der Waals surface area contributed by atoms with E-state index in [4.69, 9.17) is 27.9 Å². The molecule has 0 N–H and O–H groups in total. The van der Waals surface area contributed by atoms with Crippen molar-refractivity contribution >= 4 is 34.7 Å². The third-order valence-corrected chi connectivity index (χ3v) is 3.21. The van der Waals surface area contributed by atoms with E-state index in [1.165, 1.54) is 36.4 Å². The van der Waals surface area contributed by atoms with Crippen molar-refractivity contribution in [3.05, 3.63) is 68.2 Å². The number of Topliss-reactive ketones (excluding diaryl/α,β-unsaturated/α-hetero) is 1. The van der Waals surface area contributed by atoms with Gasteiger partial charge in [-0.1, -0.05) is 23.2 Å². The van der Waals surface area contributed by atoms with E-state index in [0.717, 1.165) is 0 Å². The quantitative estimate of drug-likeness (QED) is 0.470. The highest BCUT2D eigenvalue weighted by atomic mass is 35.5. The molecule has 0 bridgehead atoms. The van der Waals surface area contributed by atoms with Crippen LogP contribution < -0.4 is 4.74 Å². The normalized spacial score (nSPS) is 10.2. The van der Waals surface area contributed by atoms with E-state index in [1.807, 2.05) is 0 Å². The summed E-state index contributed by atoms with van der Waals surface area (Å²) in [4.78, 5) is 22.0. The fraction of sp³-hybridized carbons (Fsp3) is 0.0714. The van der Waals surface area contributed by atoms with Crippen LogP contribution >= 0.6 is 23.2 Å². The van der Waals surface area contributed by atoms with Crippen LogP contribution in [0.2, 0.25) is 10.0 Å². The summed E-state index contributed by atoms with van der Waals surface area (Å²) in [5, 5.41) is 11.2. The van der Waals surface area contributed by atoms with E-state index in [0.29, 0.717) is 10.8 Å². The molecule has 2 aromatic carbocycles. The minimum Gasteiger partial charge on any atom is -0.485 e. The van der Waals surface area contributed by atoms with Crippen molar-refractivity contribution in [2.45, 2.75) is 0 Å². The lowest BCUT2D eigenvalue weighted by atomic mass is 10.1. The number of rotatable bonds is 5. The van der Waals surface area contributed by atoms with Gasteiger partial charge in [0, 0.05) is 22.7 Å². The summed E-state index contributed by atoms with van der Waals surface area (Å²) < 4.78 is 5.28. The molecule has 0 atom stereocenters. The van der Waals surface area contributed by atoms with Gasteiger partial charge in [-0.15, -0.1) is 0 Å². The summed E-state index contributed by atoms with van der Waals surface area (Å²) in [6, 6.07) is 10.0. The molecule has 0 fully saturated rings. The first-order valence-corrected chi connectivity index (χ1v) is 6.58. The number of hydrogen-bond donors (Lipinski definition) is 0. The first-order valence-electron chi connectivity index (χ1n) is 5.83. The number of halogens is 2. The Morgan fingerprint density at radius 3 is 2.43 bits per heavy atom. The van der Waals surface area contributed by atoms with Gasteiger partial charge in [0.05, 0.1) is 9.95 Å². The molecule has 21 heavy (non-hydrogen) atoms. The van der Waals surface area contributed by atoms with E-state index in [9.17, 15) is 14.9 Å². The van der Waals surface area contributed by atoms with Crippen molar-refractivity contribution in [2.24, 2.45) is 0 Å². The molecule has 0 unspecified atom stereocenters. The average molecular weight is 326 g/mol. The van der Waals surface area contributed by atoms with Crippen LogP contribution in [0.1, 0.15) is 10.4 Å². The van der Waals surface area contributed by atoms with Crippen LogP contribution in [0.3, 0.4) is 0 Å². The van der Waals surface area contributed by atoms with Crippen molar-refractivity contribution in [3.8, 4) is 5.75 Å². The number of nitro benzene ring substituents is 1. The smallest absolute Gasteiger partial charge is 0.269 e. The van der Waals surface area contributed by atoms with E-state index in [1.54, 1.807) is 6.07 Å². The SMILES string of the molecule is O=C(COc1ccc([N+](=O)[O-])cc1)c1cc(Cl)ccc1Cl. The van der Waals surface area contributed by atoms with Gasteiger partial charge in [-0.05, 0) is 30.3 Å². The molecule has 0 aromatic heterocycles. The van der Waals surface area contributed by atoms with Crippen LogP contribution in [0.15, 0.2) is 42.5 Å². The van der Waals surface area contributed by atoms with Crippen LogP contribution in [0.25, 0.3) is 0 Å². The van der Waals surface area contributed by atoms with Gasteiger partial charge in [-0.25, -0.2) is 0 Å². The number of ketones is 1. The number of ether oxygens (including phenoxy) is 1. The van der Waals surface area contributed by atoms with Gasteiger partial charge >= 0.3 is 0 Å². The Morgan fingerprint density at radius 1 is 1.14 bits per heavy atom. The molecule has 0 spiro atoms. The number of non-ortho nitro benzene ring substituents is 1. The van der Waals surface area contributed by atoms with E-state index >= 15 is 0 Å². The molecule has 7 heteroatoms. The number of benzene rings is 2. The average Bonchev–Trinajstić information content (AvgIpc) is 2.47. The molecule has 2 rings (SSSR count). The fourth-order valence-electron chi connectivity index (χ4n) is 1.60. The molecule has 2 aromatic rings. The van der Waals surface area contributed by atoms with Crippen molar-refractivity contribution in [1.29, 1.82) is 0 Å². The maximum atomic E-state index is 12.0. The summed E-state index contributed by atoms with van der Waals surface area (Å²) in [6.07, 6.45) is 0. The molecular formula is C14H9Cl2NO4. The summed E-state index contributed by atoms with van der Waals surface area (Å²) in [5.41, 5.74) is 0.220. The molecule has 0 saturated carbocycles. The Kier molecular flexibility index (Phi) is 4.77. The van der Waals surface area contributed by atoms with Crippen LogP contribution in [0.5, 0.6) is 5.75 Å². The zero-order chi connectivity index (χ0) is 15.4. The summed E-state index contributed by atoms with van der Waals surface area (Å²) >= 11 is 11.7. The second-order valence-corrected chi connectivity index (χ2v) is 4.93. The predicted octanol–water partition coefficient (Wildman–Crippen LogP) is 4.16. The highest BCUT2D eigenvalue weighted by Crippen LogP contribution is 2.22. The lowest BCUT2D eigenvalue weighted by Gasteiger charge is -2.07. The van der Waals surface area contributed by atoms with Gasteiger partial charge in [0.15, 0.2) is 6.61 Å². The van der Waals surface area contributed by atoms with E-state index in [2.05, 4.69) is 0 Å². The van der Waals surface area contributed by atoms with Gasteiger partial charge in [-0.3, -0.25) is 14.9 Å². The molecule has 5 nitrogen and oxygen atoms in total. The predicted molar refractivity (Wildman–Crippen MR) is 79.4 cm³/mol. The molecule has 0 aliphatic heterocycles. The summed E-state index contributed by atoms with van der Waals surface area (Å²) in [5.74, 6) is 0.0213. The number of nitrogens with zero attached hydrogens (tertiary/aromatic N) is 1. The van der Waals surface area contributed by atoms with Crippen LogP contribution in [-0.2, 0) is 0 Å². The Morgan fingerprint density at radius 2 is 1.81 bits per heavy atom. The second-order valence-electron chi connectivity index (χ2n) is 4.09. The van der Waals surface area contributed by atoms with Crippen LogP contribution in [0, 0.1) is 10.1 Å². The Bertz CT molecular complexity index is 686. The number of nitro groups is 1. The second kappa shape index (κ2) is 6.56. The molecule has 0 radical (unpaired) electrons. The minimum absolute atomic E-state index is 0.0495. The first-order chi connectivity index (χ1) is 9.97. The third kappa shape index (κ3) is 3.93. The van der Waals surface area contributed by atoms with Crippen molar-refractivity contribution in [2.75, 3.05) is 6.61 Å². The van der Waals surface area contributed by atoms with Crippen molar-refractivity contribution < 1.29 is 14.5 Å². The monoisotopic (exact) mass is 325 g/mol. The highest BCUT2D eigenvalue weighted by Gasteiger charge is 2.12. The highest BCUT2D eigenvalue weighted by molar-refractivity contribution is 6.35. The summed E-state index contributed by atoms with van der Waals surface area (Å²) in [7, 11) is 0. The van der Waals surface area contributed by atoms with Gasteiger partial charge in [-0.2, -0.15) is 0 Å². The Labute approximate surface area is 130 Å². The maximum absolute atomic E-state index is 12.0. The molecule has 0 aliphatic carbocycles. The van der Waals surface area contributed by atoms with Gasteiger partial charge in [0.25, 0.3) is 5.69 Å². The molecule has 0 amide bonds. The number of carbonyl (C=O) groups is 1. The first kappa shape index (κ1) is 15.3. The third-order valence-electron chi connectivity index (χ3n) is 2.65. The zero-order valence-electron chi connectivity index (χ0n) is 10.6. The largest absolute Gasteiger partial charge is 0.485 e. The number of carbonyl (C=O) groups excluding carboxylic acids is 1. The Hall–Kier alpha value is -2.11. The standard InChI is InChI=1S/C14H9Cl2NO4/c15-9-1-6-13(16)12(7-9)14(18)8-21-11-4-2-10(3-5-11)17(19)20/h1-7H,8H2. The topological polar surface area (TPSA) is 69.4 Å². The summed E-state index contributed by atoms with van der Waals surface area (Å²) in [6.45, 7) is -0.238. The maximum Gasteiger partial charge on any atom is 0.269 e. The van der Waals surface area contributed by atoms with E-state index in [-0.39, 0.29) is 28.7 Å². The molecule has 0 aliphatic rings. The van der Waals surface area contributed by atoms with Gasteiger partial charge < -0.3 is 4.74 Å². The lowest BCUT2D eigenvalue weighted by Crippen LogP contribution is -2.12. The molecule has 0 heterocycles. The zero-order valence-corrected chi connectivity index (χ0v) is 12.1. The van der Waals surface area contributed by atoms with E-state index < -0.39 is 4.92 Å². The minimum atomic E-state index is -0.513. The fourth-order valence-corrected chi connectivity index (χ4v) is 2.00. The molecular weight excluding hydrogens is 317 g/mol. The van der Waals surface area contributed by atoms with Gasteiger partial charge in [0.2, 0.25) is 5.78 Å². The van der Waals surface area contributed by atoms with Crippen molar-refractivity contribution in [1.82, 2.24) is 0 Å².